The van der Waals surface area contributed by atoms with Gasteiger partial charge < -0.3 is 9.88 Å². The lowest BCUT2D eigenvalue weighted by Gasteiger charge is -2.25. The minimum absolute atomic E-state index is 0.143. The van der Waals surface area contributed by atoms with Crippen molar-refractivity contribution in [2.45, 2.75) is 44.6 Å². The van der Waals surface area contributed by atoms with Gasteiger partial charge in [-0.2, -0.15) is 5.26 Å². The molecule has 2 aliphatic rings. The predicted octanol–water partition coefficient (Wildman–Crippen LogP) is 4.59. The van der Waals surface area contributed by atoms with Crippen molar-refractivity contribution in [2.24, 2.45) is 13.0 Å². The molecule has 7 rings (SSSR count). The van der Waals surface area contributed by atoms with Crippen LogP contribution in [0.5, 0.6) is 0 Å². The van der Waals surface area contributed by atoms with Gasteiger partial charge in [-0.3, -0.25) is 8.97 Å². The number of benzene rings is 1. The number of aryl methyl sites for hydroxylation is 1. The van der Waals surface area contributed by atoms with Crippen molar-refractivity contribution in [2.75, 3.05) is 6.54 Å². The van der Waals surface area contributed by atoms with Crippen LogP contribution in [0, 0.1) is 17.2 Å². The second kappa shape index (κ2) is 9.88. The zero-order chi connectivity index (χ0) is 27.2. The van der Waals surface area contributed by atoms with Crippen molar-refractivity contribution >= 4 is 5.52 Å². The van der Waals surface area contributed by atoms with E-state index in [1.54, 1.807) is 15.3 Å². The summed E-state index contributed by atoms with van der Waals surface area (Å²) in [4.78, 5) is 18.6. The van der Waals surface area contributed by atoms with Crippen LogP contribution in [0.15, 0.2) is 66.0 Å². The number of nitrogens with zero attached hydrogens (tertiary/aromatic N) is 7. The van der Waals surface area contributed by atoms with Crippen molar-refractivity contribution in [3.8, 4) is 34.4 Å². The second-order valence-electron chi connectivity index (χ2n) is 11.1. The van der Waals surface area contributed by atoms with E-state index in [0.29, 0.717) is 23.1 Å². The van der Waals surface area contributed by atoms with Crippen LogP contribution in [0.2, 0.25) is 0 Å². The van der Waals surface area contributed by atoms with Crippen molar-refractivity contribution < 1.29 is 0 Å². The maximum atomic E-state index is 13.7. The average molecular weight is 531 g/mol. The fraction of sp³-hybridized carbons (Fsp3) is 0.323. The van der Waals surface area contributed by atoms with E-state index in [9.17, 15) is 10.1 Å². The lowest BCUT2D eigenvalue weighted by molar-refractivity contribution is 0.301. The molecule has 4 heterocycles. The third kappa shape index (κ3) is 4.50. The van der Waals surface area contributed by atoms with E-state index in [2.05, 4.69) is 33.7 Å². The molecular formula is C31H30N8O. The van der Waals surface area contributed by atoms with Gasteiger partial charge in [-0.25, -0.2) is 9.78 Å². The van der Waals surface area contributed by atoms with Crippen LogP contribution in [-0.4, -0.2) is 35.3 Å². The Bertz CT molecular complexity index is 1830. The average Bonchev–Trinajstić information content (AvgIpc) is 3.64. The van der Waals surface area contributed by atoms with Gasteiger partial charge in [-0.1, -0.05) is 18.6 Å². The molecule has 1 aromatic carbocycles. The predicted molar refractivity (Wildman–Crippen MR) is 152 cm³/mol. The summed E-state index contributed by atoms with van der Waals surface area (Å²) in [7, 11) is 1.88. The molecule has 5 aromatic rings. The summed E-state index contributed by atoms with van der Waals surface area (Å²) in [6.45, 7) is 1.77. The lowest BCUT2D eigenvalue weighted by atomic mass is 9.85. The Morgan fingerprint density at radius 1 is 1.05 bits per heavy atom. The van der Waals surface area contributed by atoms with E-state index < -0.39 is 0 Å². The minimum Gasteiger partial charge on any atom is -0.317 e. The molecule has 0 bridgehead atoms. The maximum absolute atomic E-state index is 13.7. The molecule has 2 aliphatic carbocycles. The normalized spacial score (nSPS) is 15.3. The number of rotatable bonds is 8. The van der Waals surface area contributed by atoms with Gasteiger partial charge in [0.2, 0.25) is 0 Å². The summed E-state index contributed by atoms with van der Waals surface area (Å²) < 4.78 is 5.19. The molecular weight excluding hydrogens is 500 g/mol. The summed E-state index contributed by atoms with van der Waals surface area (Å²) in [5.41, 5.74) is 5.94. The molecule has 9 heteroatoms. The molecule has 0 saturated heterocycles. The van der Waals surface area contributed by atoms with Crippen LogP contribution in [0.4, 0.5) is 0 Å². The molecule has 4 aromatic heterocycles. The van der Waals surface area contributed by atoms with Gasteiger partial charge in [-0.15, -0.1) is 10.2 Å². The van der Waals surface area contributed by atoms with Gasteiger partial charge in [0.1, 0.15) is 12.1 Å². The Labute approximate surface area is 231 Å². The summed E-state index contributed by atoms with van der Waals surface area (Å²) in [6, 6.07) is 16.0. The number of hydrogen-bond donors (Lipinski definition) is 1. The van der Waals surface area contributed by atoms with Crippen molar-refractivity contribution in [1.82, 2.24) is 34.0 Å². The number of nitriles is 1. The molecule has 9 nitrogen and oxygen atoms in total. The molecule has 2 fully saturated rings. The molecule has 40 heavy (non-hydrogen) atoms. The smallest absolute Gasteiger partial charge is 0.317 e. The highest BCUT2D eigenvalue weighted by atomic mass is 16.1. The monoisotopic (exact) mass is 530 g/mol. The molecule has 2 saturated carbocycles. The first kappa shape index (κ1) is 24.5. The highest BCUT2D eigenvalue weighted by Gasteiger charge is 2.27. The first-order valence-corrected chi connectivity index (χ1v) is 13.9. The van der Waals surface area contributed by atoms with Crippen LogP contribution in [0.1, 0.15) is 54.8 Å². The van der Waals surface area contributed by atoms with Crippen LogP contribution < -0.4 is 11.0 Å². The Morgan fingerprint density at radius 3 is 2.65 bits per heavy atom. The fourth-order valence-electron chi connectivity index (χ4n) is 5.50. The standard InChI is InChI=1S/C31H30N8O/c1-37-19-34-36-30(37)27-11-21(14-32)6-10-26(27)24-12-28(23-7-8-23)35-29(13-24)39-18-25-9-5-22(17-38(25)31(39)40)16-33-15-20-3-2-4-20/h5-6,9-13,17-20,23,33H,2-4,7-8,15-16H2,1H3. The Morgan fingerprint density at radius 2 is 1.93 bits per heavy atom. The summed E-state index contributed by atoms with van der Waals surface area (Å²) >= 11 is 0. The SMILES string of the molecule is Cn1cnnc1-c1cc(C#N)ccc1-c1cc(C2CC2)nc(-n2cc3ccc(CNCC4CCC4)cn3c2=O)c1. The quantitative estimate of drug-likeness (QED) is 0.315. The summed E-state index contributed by atoms with van der Waals surface area (Å²) in [5.74, 6) is 2.43. The van der Waals surface area contributed by atoms with Crippen LogP contribution in [0.25, 0.3) is 33.8 Å². The van der Waals surface area contributed by atoms with E-state index >= 15 is 0 Å². The fourth-order valence-corrected chi connectivity index (χ4v) is 5.50. The zero-order valence-corrected chi connectivity index (χ0v) is 22.4. The minimum atomic E-state index is -0.143. The van der Waals surface area contributed by atoms with Gasteiger partial charge in [0.25, 0.3) is 0 Å². The molecule has 0 amide bonds. The second-order valence-corrected chi connectivity index (χ2v) is 11.1. The molecule has 1 N–H and O–H groups in total. The number of nitrogens with one attached hydrogen (secondary N) is 1. The van der Waals surface area contributed by atoms with Crippen LogP contribution >= 0.6 is 0 Å². The van der Waals surface area contributed by atoms with E-state index in [4.69, 9.17) is 4.98 Å². The third-order valence-electron chi connectivity index (χ3n) is 8.19. The Balaban J connectivity index is 1.30. The summed E-state index contributed by atoms with van der Waals surface area (Å²) in [5, 5.41) is 21.5. The summed E-state index contributed by atoms with van der Waals surface area (Å²) in [6.07, 6.45) is 11.6. The maximum Gasteiger partial charge on any atom is 0.338 e. The molecule has 0 radical (unpaired) electrons. The Hall–Kier alpha value is -4.55. The third-order valence-corrected chi connectivity index (χ3v) is 8.19. The van der Waals surface area contributed by atoms with Crippen molar-refractivity contribution in [3.63, 3.8) is 0 Å². The molecule has 0 atom stereocenters. The van der Waals surface area contributed by atoms with Crippen molar-refractivity contribution in [1.29, 1.82) is 5.26 Å². The van der Waals surface area contributed by atoms with E-state index in [1.165, 1.54) is 19.3 Å². The molecule has 0 spiro atoms. The number of pyridine rings is 2. The van der Waals surface area contributed by atoms with Gasteiger partial charge in [0.05, 0.1) is 17.1 Å². The number of hydrogen-bond acceptors (Lipinski definition) is 6. The van der Waals surface area contributed by atoms with Crippen LogP contribution in [-0.2, 0) is 13.6 Å². The largest absolute Gasteiger partial charge is 0.338 e. The van der Waals surface area contributed by atoms with Gasteiger partial charge in [0.15, 0.2) is 5.82 Å². The number of aromatic nitrogens is 6. The highest BCUT2D eigenvalue weighted by Crippen LogP contribution is 2.42. The molecule has 0 aliphatic heterocycles. The lowest BCUT2D eigenvalue weighted by Crippen LogP contribution is -2.27. The molecule has 0 unspecified atom stereocenters. The van der Waals surface area contributed by atoms with E-state index in [1.807, 2.05) is 54.3 Å². The van der Waals surface area contributed by atoms with Gasteiger partial charge >= 0.3 is 5.69 Å². The first-order chi connectivity index (χ1) is 19.6. The van der Waals surface area contributed by atoms with E-state index in [-0.39, 0.29) is 5.69 Å². The van der Waals surface area contributed by atoms with Crippen molar-refractivity contribution in [3.05, 3.63) is 88.5 Å². The van der Waals surface area contributed by atoms with Gasteiger partial charge in [0, 0.05) is 43.2 Å². The molecule has 200 valence electrons. The number of imidazole rings is 1. The topological polar surface area (TPSA) is 106 Å². The first-order valence-electron chi connectivity index (χ1n) is 13.9. The highest BCUT2D eigenvalue weighted by molar-refractivity contribution is 5.82. The number of fused-ring (bicyclic) bond motifs is 1. The zero-order valence-electron chi connectivity index (χ0n) is 22.4. The van der Waals surface area contributed by atoms with Crippen LogP contribution in [0.3, 0.4) is 0 Å². The van der Waals surface area contributed by atoms with Gasteiger partial charge in [-0.05, 0) is 85.2 Å². The Kier molecular flexibility index (Phi) is 6.05. The van der Waals surface area contributed by atoms with E-state index in [0.717, 1.165) is 65.3 Å².